The summed E-state index contributed by atoms with van der Waals surface area (Å²) in [5.74, 6) is 1.29. The molecule has 28 heavy (non-hydrogen) atoms. The number of benzene rings is 1. The molecule has 0 heterocycles. The third kappa shape index (κ3) is 10.4. The molecule has 0 amide bonds. The normalized spacial score (nSPS) is 13.8. The Morgan fingerprint density at radius 3 is 2.50 bits per heavy atom. The molecular formula is C22H34ClNO4. The molecule has 2 N–H and O–H groups in total. The number of allylic oxidation sites excluding steroid dienone is 5. The second kappa shape index (κ2) is 16.0. The summed E-state index contributed by atoms with van der Waals surface area (Å²) >= 11 is 5.91. The molecule has 2 atom stereocenters. The highest BCUT2D eigenvalue weighted by Gasteiger charge is 2.15. The van der Waals surface area contributed by atoms with Gasteiger partial charge in [0.15, 0.2) is 11.5 Å². The average molecular weight is 412 g/mol. The number of hydrogen-bond acceptors (Lipinski definition) is 5. The molecule has 0 radical (unpaired) electrons. The van der Waals surface area contributed by atoms with Crippen molar-refractivity contribution >= 4 is 11.6 Å². The van der Waals surface area contributed by atoms with Gasteiger partial charge in [-0.2, -0.15) is 0 Å². The maximum Gasteiger partial charge on any atom is 0.165 e. The Balaban J connectivity index is 0.00000227. The van der Waals surface area contributed by atoms with Gasteiger partial charge in [0, 0.05) is 17.1 Å². The van der Waals surface area contributed by atoms with Crippen molar-refractivity contribution < 1.29 is 19.3 Å². The highest BCUT2D eigenvalue weighted by Crippen LogP contribution is 2.30. The third-order valence-electron chi connectivity index (χ3n) is 3.38. The molecule has 0 aliphatic carbocycles. The largest absolute Gasteiger partial charge is 0.494 e. The molecule has 0 spiro atoms. The Labute approximate surface area is 174 Å². The van der Waals surface area contributed by atoms with Crippen LogP contribution in [0, 0.1) is 0 Å². The molecule has 1 aromatic rings. The van der Waals surface area contributed by atoms with Crippen molar-refractivity contribution in [2.24, 2.45) is 0 Å². The highest BCUT2D eigenvalue weighted by atomic mass is 35.5. The van der Waals surface area contributed by atoms with Crippen LogP contribution in [0.4, 0.5) is 0 Å². The van der Waals surface area contributed by atoms with E-state index in [0.717, 1.165) is 5.56 Å². The van der Waals surface area contributed by atoms with Gasteiger partial charge in [0.2, 0.25) is 0 Å². The molecule has 0 aliphatic rings. The molecule has 1 aromatic carbocycles. The summed E-state index contributed by atoms with van der Waals surface area (Å²) in [6.45, 7) is 8.31. The maximum absolute atomic E-state index is 10.2. The fourth-order valence-corrected chi connectivity index (χ4v) is 2.26. The van der Waals surface area contributed by atoms with Gasteiger partial charge in [-0.05, 0) is 38.1 Å². The van der Waals surface area contributed by atoms with E-state index in [1.807, 2.05) is 31.2 Å². The van der Waals surface area contributed by atoms with Crippen LogP contribution in [-0.4, -0.2) is 31.7 Å². The lowest BCUT2D eigenvalue weighted by Gasteiger charge is -2.20. The minimum absolute atomic E-state index is 0.409. The van der Waals surface area contributed by atoms with Gasteiger partial charge in [-0.1, -0.05) is 50.1 Å². The molecular weight excluding hydrogens is 378 g/mol. The number of halogens is 1. The van der Waals surface area contributed by atoms with E-state index < -0.39 is 12.3 Å². The number of rotatable bonds is 10. The Hall–Kier alpha value is -1.95. The lowest BCUT2D eigenvalue weighted by molar-refractivity contribution is -0.00112. The van der Waals surface area contributed by atoms with E-state index >= 15 is 0 Å². The van der Waals surface area contributed by atoms with E-state index in [1.165, 1.54) is 12.7 Å². The van der Waals surface area contributed by atoms with E-state index in [-0.39, 0.29) is 0 Å². The van der Waals surface area contributed by atoms with Crippen LogP contribution in [0.2, 0.25) is 0 Å². The zero-order valence-corrected chi connectivity index (χ0v) is 18.5. The summed E-state index contributed by atoms with van der Waals surface area (Å²) in [4.78, 5) is 0. The summed E-state index contributed by atoms with van der Waals surface area (Å²) in [6, 6.07) is 5.59. The number of ether oxygens (including phenoxy) is 3. The number of para-hydroxylation sites is 1. The Morgan fingerprint density at radius 2 is 1.93 bits per heavy atom. The van der Waals surface area contributed by atoms with E-state index in [4.69, 9.17) is 25.8 Å². The number of aliphatic hydroxyl groups excluding tert-OH is 1. The van der Waals surface area contributed by atoms with Crippen molar-refractivity contribution in [1.29, 1.82) is 0 Å². The molecule has 158 valence electrons. The first-order valence-electron chi connectivity index (χ1n) is 9.36. The highest BCUT2D eigenvalue weighted by molar-refractivity contribution is 6.31. The van der Waals surface area contributed by atoms with Gasteiger partial charge in [0.1, 0.15) is 12.3 Å². The van der Waals surface area contributed by atoms with Crippen molar-refractivity contribution in [3.8, 4) is 11.5 Å². The SMILES string of the molecule is CCC.C\C=C/C(Cl)=C\C=C\OC(C)C(O)NCc1cccc(OC)c1OC. The lowest BCUT2D eigenvalue weighted by atomic mass is 10.1. The molecule has 6 heteroatoms. The number of nitrogens with one attached hydrogen (secondary N) is 1. The van der Waals surface area contributed by atoms with Gasteiger partial charge in [-0.25, -0.2) is 0 Å². The van der Waals surface area contributed by atoms with Gasteiger partial charge in [0.25, 0.3) is 0 Å². The number of aliphatic hydroxyl groups is 1. The first-order chi connectivity index (χ1) is 13.4. The van der Waals surface area contributed by atoms with E-state index in [2.05, 4.69) is 19.2 Å². The summed E-state index contributed by atoms with van der Waals surface area (Å²) in [6.07, 6.45) is 8.45. The first kappa shape index (κ1) is 26.1. The van der Waals surface area contributed by atoms with Crippen LogP contribution in [0.3, 0.4) is 0 Å². The molecule has 1 rings (SSSR count). The summed E-state index contributed by atoms with van der Waals surface area (Å²) in [7, 11) is 3.17. The van der Waals surface area contributed by atoms with Crippen LogP contribution in [0.5, 0.6) is 11.5 Å². The Kier molecular flexibility index (Phi) is 14.9. The quantitative estimate of drug-likeness (QED) is 0.317. The van der Waals surface area contributed by atoms with Crippen molar-refractivity contribution in [3.63, 3.8) is 0 Å². The van der Waals surface area contributed by atoms with Gasteiger partial charge in [-0.3, -0.25) is 5.32 Å². The number of methoxy groups -OCH3 is 2. The average Bonchev–Trinajstić information content (AvgIpc) is 2.69. The predicted molar refractivity (Wildman–Crippen MR) is 117 cm³/mol. The van der Waals surface area contributed by atoms with Crippen LogP contribution in [0.25, 0.3) is 0 Å². The number of hydrogen-bond donors (Lipinski definition) is 2. The summed E-state index contributed by atoms with van der Waals surface area (Å²) in [5, 5.41) is 13.8. The van der Waals surface area contributed by atoms with Crippen LogP contribution < -0.4 is 14.8 Å². The zero-order valence-electron chi connectivity index (χ0n) is 17.7. The molecule has 0 aromatic heterocycles. The van der Waals surface area contributed by atoms with E-state index in [0.29, 0.717) is 23.1 Å². The third-order valence-corrected chi connectivity index (χ3v) is 3.64. The van der Waals surface area contributed by atoms with E-state index in [9.17, 15) is 5.11 Å². The minimum Gasteiger partial charge on any atom is -0.494 e. The minimum atomic E-state index is -0.851. The van der Waals surface area contributed by atoms with Crippen LogP contribution in [0.1, 0.15) is 39.7 Å². The predicted octanol–water partition coefficient (Wildman–Crippen LogP) is 5.15. The van der Waals surface area contributed by atoms with Crippen molar-refractivity contribution in [1.82, 2.24) is 5.32 Å². The molecule has 0 aliphatic heterocycles. The first-order valence-corrected chi connectivity index (χ1v) is 9.74. The second-order valence-corrected chi connectivity index (χ2v) is 6.34. The molecule has 5 nitrogen and oxygen atoms in total. The van der Waals surface area contributed by atoms with Crippen LogP contribution in [0.15, 0.2) is 53.8 Å². The Bertz CT molecular complexity index is 629. The fraction of sp³-hybridized carbons (Fsp3) is 0.455. The molecule has 0 saturated carbocycles. The fourth-order valence-electron chi connectivity index (χ4n) is 2.06. The van der Waals surface area contributed by atoms with Crippen LogP contribution >= 0.6 is 11.6 Å². The topological polar surface area (TPSA) is 60.0 Å². The van der Waals surface area contributed by atoms with E-state index in [1.54, 1.807) is 39.4 Å². The summed E-state index contributed by atoms with van der Waals surface area (Å²) < 4.78 is 16.1. The zero-order chi connectivity index (χ0) is 21.4. The van der Waals surface area contributed by atoms with Gasteiger partial charge in [0.05, 0.1) is 20.5 Å². The molecule has 0 fully saturated rings. The Morgan fingerprint density at radius 1 is 1.25 bits per heavy atom. The van der Waals surface area contributed by atoms with Gasteiger partial charge >= 0.3 is 0 Å². The van der Waals surface area contributed by atoms with Crippen molar-refractivity contribution in [2.45, 2.75) is 53.0 Å². The molecule has 0 saturated heterocycles. The second-order valence-electron chi connectivity index (χ2n) is 5.91. The van der Waals surface area contributed by atoms with Crippen molar-refractivity contribution in [3.05, 3.63) is 59.4 Å². The maximum atomic E-state index is 10.2. The van der Waals surface area contributed by atoms with Crippen LogP contribution in [-0.2, 0) is 11.3 Å². The molecule has 2 unspecified atom stereocenters. The van der Waals surface area contributed by atoms with Gasteiger partial charge < -0.3 is 19.3 Å². The standard InChI is InChI=1S/C19H26ClNO4.C3H8/c1-5-8-16(20)10-7-12-25-14(2)19(22)21-13-15-9-6-11-17(23-3)18(15)24-4;1-3-2/h5-12,14,19,21-22H,13H2,1-4H3;3H2,1-2H3/b8-5-,12-7+,16-10+;. The lowest BCUT2D eigenvalue weighted by Crippen LogP contribution is -2.38. The van der Waals surface area contributed by atoms with Gasteiger partial charge in [-0.15, -0.1) is 0 Å². The summed E-state index contributed by atoms with van der Waals surface area (Å²) in [5.41, 5.74) is 0.879. The molecule has 0 bridgehead atoms. The smallest absolute Gasteiger partial charge is 0.165 e. The monoisotopic (exact) mass is 411 g/mol. The van der Waals surface area contributed by atoms with Crippen molar-refractivity contribution in [2.75, 3.05) is 14.2 Å².